The molecule has 3 aromatic heterocycles. The molecule has 326 valence electrons. The van der Waals surface area contributed by atoms with Gasteiger partial charge in [0.25, 0.3) is 0 Å². The van der Waals surface area contributed by atoms with Gasteiger partial charge in [0.05, 0.1) is 49.7 Å². The molecule has 0 saturated carbocycles. The lowest BCUT2D eigenvalue weighted by molar-refractivity contribution is -0.144. The van der Waals surface area contributed by atoms with Crippen LogP contribution in [0.25, 0.3) is 0 Å². The molecule has 2 amide bonds. The zero-order valence-corrected chi connectivity index (χ0v) is 41.1. The van der Waals surface area contributed by atoms with Crippen molar-refractivity contribution >= 4 is 149 Å². The van der Waals surface area contributed by atoms with Crippen molar-refractivity contribution in [3.05, 3.63) is 102 Å². The third-order valence-electron chi connectivity index (χ3n) is 6.65. The highest BCUT2D eigenvalue weighted by Crippen LogP contribution is 2.29. The number of nitrogen functional groups attached to an aromatic ring is 1. The van der Waals surface area contributed by atoms with Crippen LogP contribution in [0.2, 0.25) is 0 Å². The SMILES string of the molecule is Br.CCCC(=O)OC[C@H]1CO1.Nc1ncc(Br)s1.O=C(Cl)OCc1ccccc1.O=C(Nc1ncc(Br)s1)OCc1ccccc1.O=C1O[C@@H](CO)CN1c1ncc(Br)s1. The van der Waals surface area contributed by atoms with Crippen molar-refractivity contribution in [1.82, 2.24) is 15.0 Å². The summed E-state index contributed by atoms with van der Waals surface area (Å²) >= 11 is 18.8. The maximum Gasteiger partial charge on any atom is 0.416 e. The van der Waals surface area contributed by atoms with Crippen LogP contribution in [0.1, 0.15) is 30.9 Å². The Labute approximate surface area is 398 Å². The summed E-state index contributed by atoms with van der Waals surface area (Å²) in [5.74, 6) is -0.113. The third kappa shape index (κ3) is 23.1. The molecule has 2 aliphatic heterocycles. The Hall–Kier alpha value is -3.26. The highest BCUT2D eigenvalue weighted by molar-refractivity contribution is 9.11. The fourth-order valence-electron chi connectivity index (χ4n) is 3.91. The van der Waals surface area contributed by atoms with E-state index in [0.29, 0.717) is 35.0 Å². The third-order valence-corrected chi connectivity index (χ3v) is 11.0. The average Bonchev–Trinajstić information content (AvgIpc) is 3.43. The van der Waals surface area contributed by atoms with Crippen LogP contribution in [0, 0.1) is 0 Å². The van der Waals surface area contributed by atoms with Gasteiger partial charge in [-0.25, -0.2) is 34.2 Å². The molecule has 2 atom stereocenters. The van der Waals surface area contributed by atoms with E-state index >= 15 is 0 Å². The first-order valence-corrected chi connectivity index (χ1v) is 22.3. The van der Waals surface area contributed by atoms with Gasteiger partial charge in [-0.15, -0.1) is 17.0 Å². The Kier molecular flexibility index (Phi) is 26.4. The molecule has 60 heavy (non-hydrogen) atoms. The molecule has 4 N–H and O–H groups in total. The van der Waals surface area contributed by atoms with Crippen LogP contribution in [-0.2, 0) is 41.7 Å². The summed E-state index contributed by atoms with van der Waals surface area (Å²) in [6, 6.07) is 18.9. The van der Waals surface area contributed by atoms with Crippen molar-refractivity contribution in [3.63, 3.8) is 0 Å². The predicted octanol–water partition coefficient (Wildman–Crippen LogP) is 10.2. The Balaban J connectivity index is 0.000000265. The van der Waals surface area contributed by atoms with E-state index < -0.39 is 23.7 Å². The number of nitrogens with two attached hydrogens (primary N) is 1. The van der Waals surface area contributed by atoms with E-state index in [9.17, 15) is 19.2 Å². The molecule has 7 rings (SSSR count). The number of benzene rings is 2. The van der Waals surface area contributed by atoms with Gasteiger partial charge in [-0.2, -0.15) is 0 Å². The number of nitrogens with zero attached hydrogens (tertiary/aromatic N) is 4. The number of anilines is 3. The lowest BCUT2D eigenvalue weighted by Crippen LogP contribution is -2.25. The number of hydrogen-bond acceptors (Lipinski definition) is 17. The van der Waals surface area contributed by atoms with Gasteiger partial charge in [0.15, 0.2) is 15.4 Å². The molecular weight excluding hydrogens is 1130 g/mol. The van der Waals surface area contributed by atoms with Crippen LogP contribution >= 0.6 is 110 Å². The second kappa shape index (κ2) is 29.9. The fourth-order valence-corrected chi connectivity index (χ4v) is 7.25. The van der Waals surface area contributed by atoms with Crippen LogP contribution in [-0.4, -0.2) is 82.2 Å². The summed E-state index contributed by atoms with van der Waals surface area (Å²) in [6.07, 6.45) is 5.10. The molecule has 0 spiro atoms. The van der Waals surface area contributed by atoms with Crippen LogP contribution in [0.5, 0.6) is 0 Å². The monoisotopic (exact) mass is 1160 g/mol. The number of nitrogens with one attached hydrogen (secondary N) is 1. The number of epoxide rings is 1. The van der Waals surface area contributed by atoms with Gasteiger partial charge in [0.2, 0.25) is 0 Å². The minimum absolute atomic E-state index is 0. The number of carbonyl (C=O) groups excluding carboxylic acids is 4. The lowest BCUT2D eigenvalue weighted by atomic mass is 10.2. The average molecular weight is 1170 g/mol. The van der Waals surface area contributed by atoms with Gasteiger partial charge in [0, 0.05) is 18.0 Å². The Bertz CT molecular complexity index is 2000. The number of amides is 2. The van der Waals surface area contributed by atoms with Crippen molar-refractivity contribution < 1.29 is 48.0 Å². The molecule has 2 aliphatic rings. The molecule has 0 radical (unpaired) electrons. The van der Waals surface area contributed by atoms with Crippen molar-refractivity contribution in [1.29, 1.82) is 0 Å². The number of esters is 1. The van der Waals surface area contributed by atoms with Crippen LogP contribution < -0.4 is 16.0 Å². The van der Waals surface area contributed by atoms with Gasteiger partial charge in [-0.3, -0.25) is 10.1 Å². The number of aliphatic hydroxyl groups excluding tert-OH is 1. The minimum Gasteiger partial charge on any atom is -0.463 e. The summed E-state index contributed by atoms with van der Waals surface area (Å²) < 4.78 is 26.9. The van der Waals surface area contributed by atoms with E-state index in [0.717, 1.165) is 35.5 Å². The normalized spacial score (nSPS) is 14.3. The molecule has 5 aromatic rings. The first kappa shape index (κ1) is 52.9. The molecular formula is C36H39Br4ClN6O10S3. The largest absolute Gasteiger partial charge is 0.463 e. The van der Waals surface area contributed by atoms with E-state index in [1.165, 1.54) is 38.9 Å². The van der Waals surface area contributed by atoms with Crippen molar-refractivity contribution in [2.75, 3.05) is 42.3 Å². The van der Waals surface area contributed by atoms with E-state index in [1.54, 1.807) is 18.6 Å². The Morgan fingerprint density at radius 1 is 0.883 bits per heavy atom. The molecule has 5 heterocycles. The second-order valence-electron chi connectivity index (χ2n) is 11.3. The maximum absolute atomic E-state index is 11.4. The second-order valence-corrected chi connectivity index (χ2v) is 18.9. The molecule has 0 aliphatic carbocycles. The van der Waals surface area contributed by atoms with Crippen molar-refractivity contribution in [2.45, 2.75) is 45.2 Å². The van der Waals surface area contributed by atoms with Crippen LogP contribution in [0.15, 0.2) is 90.6 Å². The van der Waals surface area contributed by atoms with E-state index in [4.69, 9.17) is 41.4 Å². The summed E-state index contributed by atoms with van der Waals surface area (Å²) in [4.78, 5) is 56.7. The number of hydrogen-bond donors (Lipinski definition) is 3. The van der Waals surface area contributed by atoms with Gasteiger partial charge in [-0.05, 0) is 65.3 Å². The smallest absolute Gasteiger partial charge is 0.416 e. The summed E-state index contributed by atoms with van der Waals surface area (Å²) in [5, 5.41) is 13.1. The summed E-state index contributed by atoms with van der Waals surface area (Å²) in [7, 11) is 0. The van der Waals surface area contributed by atoms with E-state index in [-0.39, 0.29) is 48.9 Å². The lowest BCUT2D eigenvalue weighted by Gasteiger charge is -2.06. The standard InChI is InChI=1S/C11H9BrN2O2S.C8H7ClO2.C7H7BrN2O3S.C7H12O3.C3H3BrN2S.BrH/c12-9-6-13-10(17-9)14-11(15)16-7-8-4-2-1-3-5-8;9-8(10)11-6-7-4-2-1-3-5-7;8-5-1-9-6(14-5)10-2-4(3-11)13-7(10)12;1-2-3-7(8)10-5-6-4-9-6;4-2-1-6-3(5)7-2;/h1-6H,7H2,(H,13,14,15);1-5H,6H2;1,4,11H,2-3H2;6H,2-5H2,1H3;1H,(H2,5,6);1H/t;;4-;6-;;/m..11../s1. The summed E-state index contributed by atoms with van der Waals surface area (Å²) in [6.45, 7) is 3.83. The molecule has 0 unspecified atom stereocenters. The molecule has 2 fully saturated rings. The Morgan fingerprint density at radius 2 is 1.45 bits per heavy atom. The first-order chi connectivity index (χ1) is 28.3. The molecule has 2 saturated heterocycles. The summed E-state index contributed by atoms with van der Waals surface area (Å²) in [5.41, 5.74) is 6.37. The van der Waals surface area contributed by atoms with Crippen molar-refractivity contribution in [2.24, 2.45) is 0 Å². The fraction of sp³-hybridized carbons (Fsp3) is 0.306. The molecule has 0 bridgehead atoms. The van der Waals surface area contributed by atoms with Gasteiger partial charge in [-0.1, -0.05) is 102 Å². The van der Waals surface area contributed by atoms with Crippen molar-refractivity contribution in [3.8, 4) is 0 Å². The molecule has 2 aromatic carbocycles. The first-order valence-electron chi connectivity index (χ1n) is 17.1. The highest BCUT2D eigenvalue weighted by atomic mass is 79.9. The predicted molar refractivity (Wildman–Crippen MR) is 247 cm³/mol. The van der Waals surface area contributed by atoms with Crippen LogP contribution in [0.4, 0.5) is 29.8 Å². The zero-order valence-electron chi connectivity index (χ0n) is 31.4. The number of rotatable bonds is 11. The zero-order chi connectivity index (χ0) is 43.0. The Morgan fingerprint density at radius 3 is 1.88 bits per heavy atom. The van der Waals surface area contributed by atoms with Gasteiger partial charge in [0.1, 0.15) is 32.0 Å². The number of cyclic esters (lactones) is 1. The number of halogens is 5. The van der Waals surface area contributed by atoms with E-state index in [1.807, 2.05) is 67.6 Å². The number of ether oxygens (including phenoxy) is 5. The highest BCUT2D eigenvalue weighted by Gasteiger charge is 2.33. The quantitative estimate of drug-likeness (QED) is 0.0485. The number of thiazole rings is 3. The number of aromatic nitrogens is 3. The van der Waals surface area contributed by atoms with E-state index in [2.05, 4.69) is 72.8 Å². The van der Waals surface area contributed by atoms with Crippen LogP contribution in [0.3, 0.4) is 0 Å². The van der Waals surface area contributed by atoms with Gasteiger partial charge < -0.3 is 34.5 Å². The van der Waals surface area contributed by atoms with Gasteiger partial charge >= 0.3 is 23.6 Å². The maximum atomic E-state index is 11.4. The minimum atomic E-state index is -0.770. The number of aliphatic hydroxyl groups is 1. The molecule has 16 nitrogen and oxygen atoms in total. The molecule has 24 heteroatoms. The topological polar surface area (TPSA) is 218 Å². The number of carbonyl (C=O) groups is 4.